The Morgan fingerprint density at radius 2 is 2.05 bits per heavy atom. The fraction of sp³-hybridized carbons (Fsp3) is 0.250. The average molecular weight is 273 g/mol. The van der Waals surface area contributed by atoms with Crippen molar-refractivity contribution in [3.8, 4) is 0 Å². The second-order valence-electron chi connectivity index (χ2n) is 5.15. The van der Waals surface area contributed by atoms with Gasteiger partial charge >= 0.3 is 0 Å². The van der Waals surface area contributed by atoms with Gasteiger partial charge in [-0.05, 0) is 60.7 Å². The molecule has 1 atom stereocenters. The van der Waals surface area contributed by atoms with Gasteiger partial charge in [0.1, 0.15) is 0 Å². The van der Waals surface area contributed by atoms with Crippen LogP contribution in [0.5, 0.6) is 0 Å². The highest BCUT2D eigenvalue weighted by Crippen LogP contribution is 2.36. The van der Waals surface area contributed by atoms with Gasteiger partial charge in [0.05, 0.1) is 6.04 Å². The summed E-state index contributed by atoms with van der Waals surface area (Å²) in [4.78, 5) is 0. The minimum atomic E-state index is 0.354. The van der Waals surface area contributed by atoms with E-state index in [4.69, 9.17) is 17.3 Å². The lowest BCUT2D eigenvalue weighted by Crippen LogP contribution is -2.08. The number of nitrogens with two attached hydrogens (primary N) is 1. The summed E-state index contributed by atoms with van der Waals surface area (Å²) < 4.78 is 0. The number of anilines is 2. The molecule has 3 N–H and O–H groups in total. The summed E-state index contributed by atoms with van der Waals surface area (Å²) in [5.41, 5.74) is 11.7. The van der Waals surface area contributed by atoms with E-state index in [0.29, 0.717) is 6.04 Å². The van der Waals surface area contributed by atoms with Crippen LogP contribution in [-0.4, -0.2) is 0 Å². The molecule has 19 heavy (non-hydrogen) atoms. The Balaban J connectivity index is 1.88. The number of fused-ring (bicyclic) bond motifs is 1. The first-order valence-electron chi connectivity index (χ1n) is 6.54. The molecule has 3 heteroatoms. The summed E-state index contributed by atoms with van der Waals surface area (Å²) in [7, 11) is 0. The molecule has 3 rings (SSSR count). The van der Waals surface area contributed by atoms with Crippen LogP contribution >= 0.6 is 11.6 Å². The van der Waals surface area contributed by atoms with Crippen LogP contribution in [-0.2, 0) is 6.42 Å². The van der Waals surface area contributed by atoms with E-state index in [1.807, 2.05) is 24.3 Å². The van der Waals surface area contributed by atoms with Gasteiger partial charge in [-0.3, -0.25) is 0 Å². The maximum absolute atomic E-state index is 6.07. The van der Waals surface area contributed by atoms with Crippen LogP contribution in [0.1, 0.15) is 29.2 Å². The van der Waals surface area contributed by atoms with Crippen LogP contribution in [0.2, 0.25) is 5.02 Å². The van der Waals surface area contributed by atoms with Crippen LogP contribution in [0.3, 0.4) is 0 Å². The monoisotopic (exact) mass is 272 g/mol. The van der Waals surface area contributed by atoms with Crippen LogP contribution in [0.4, 0.5) is 11.4 Å². The van der Waals surface area contributed by atoms with Gasteiger partial charge in [0.2, 0.25) is 0 Å². The second-order valence-corrected chi connectivity index (χ2v) is 5.59. The van der Waals surface area contributed by atoms with Crippen molar-refractivity contribution in [1.82, 2.24) is 0 Å². The van der Waals surface area contributed by atoms with E-state index in [-0.39, 0.29) is 0 Å². The smallest absolute Gasteiger partial charge is 0.0519 e. The highest BCUT2D eigenvalue weighted by Gasteiger charge is 2.22. The Labute approximate surface area is 118 Å². The standard InChI is InChI=1S/C16H17ClN2/c1-10-2-4-12(17)9-16(10)19-15-7-3-11-8-13(18)5-6-14(11)15/h2,4-6,8-9,15,19H,3,7,18H2,1H3. The molecule has 1 unspecified atom stereocenters. The van der Waals surface area contributed by atoms with Crippen molar-refractivity contribution in [3.05, 3.63) is 58.1 Å². The lowest BCUT2D eigenvalue weighted by Gasteiger charge is -2.17. The highest BCUT2D eigenvalue weighted by molar-refractivity contribution is 6.30. The molecule has 0 radical (unpaired) electrons. The molecule has 0 amide bonds. The van der Waals surface area contributed by atoms with Gasteiger partial charge in [-0.15, -0.1) is 0 Å². The summed E-state index contributed by atoms with van der Waals surface area (Å²) in [6.45, 7) is 2.09. The Bertz CT molecular complexity index is 622. The topological polar surface area (TPSA) is 38.0 Å². The molecule has 2 aromatic carbocycles. The summed E-state index contributed by atoms with van der Waals surface area (Å²) in [5, 5.41) is 4.37. The van der Waals surface area contributed by atoms with Crippen molar-refractivity contribution in [2.45, 2.75) is 25.8 Å². The number of hydrogen-bond acceptors (Lipinski definition) is 2. The Hall–Kier alpha value is -1.67. The summed E-state index contributed by atoms with van der Waals surface area (Å²) in [6.07, 6.45) is 2.18. The van der Waals surface area contributed by atoms with Gasteiger partial charge in [-0.1, -0.05) is 23.7 Å². The molecule has 0 saturated carbocycles. The first kappa shape index (κ1) is 12.4. The van der Waals surface area contributed by atoms with E-state index in [9.17, 15) is 0 Å². The average Bonchev–Trinajstić information content (AvgIpc) is 2.76. The third-order valence-electron chi connectivity index (χ3n) is 3.77. The quantitative estimate of drug-likeness (QED) is 0.799. The molecule has 1 aliphatic rings. The molecule has 0 saturated heterocycles. The van der Waals surface area contributed by atoms with E-state index in [0.717, 1.165) is 29.2 Å². The number of halogens is 1. The lowest BCUT2D eigenvalue weighted by atomic mass is 10.1. The predicted molar refractivity (Wildman–Crippen MR) is 81.7 cm³/mol. The lowest BCUT2D eigenvalue weighted by molar-refractivity contribution is 0.761. The van der Waals surface area contributed by atoms with E-state index < -0.39 is 0 Å². The Morgan fingerprint density at radius 3 is 2.89 bits per heavy atom. The first-order chi connectivity index (χ1) is 9.13. The molecular weight excluding hydrogens is 256 g/mol. The van der Waals surface area contributed by atoms with Gasteiger partial charge in [0, 0.05) is 16.4 Å². The number of nitrogens with one attached hydrogen (secondary N) is 1. The fourth-order valence-corrected chi connectivity index (χ4v) is 2.90. The van der Waals surface area contributed by atoms with Gasteiger partial charge in [0.25, 0.3) is 0 Å². The molecule has 0 heterocycles. The zero-order chi connectivity index (χ0) is 13.4. The van der Waals surface area contributed by atoms with Crippen molar-refractivity contribution < 1.29 is 0 Å². The van der Waals surface area contributed by atoms with Gasteiger partial charge < -0.3 is 11.1 Å². The number of rotatable bonds is 2. The number of nitrogen functional groups attached to an aromatic ring is 1. The zero-order valence-electron chi connectivity index (χ0n) is 10.9. The van der Waals surface area contributed by atoms with Crippen LogP contribution in [0.25, 0.3) is 0 Å². The maximum atomic E-state index is 6.07. The SMILES string of the molecule is Cc1ccc(Cl)cc1NC1CCc2cc(N)ccc21. The molecule has 1 aliphatic carbocycles. The third kappa shape index (κ3) is 2.41. The number of aryl methyl sites for hydroxylation is 2. The van der Waals surface area contributed by atoms with Crippen molar-refractivity contribution >= 4 is 23.0 Å². The summed E-state index contributed by atoms with van der Waals surface area (Å²) in [5.74, 6) is 0. The van der Waals surface area contributed by atoms with Gasteiger partial charge in [-0.2, -0.15) is 0 Å². The minimum Gasteiger partial charge on any atom is -0.399 e. The summed E-state index contributed by atoms with van der Waals surface area (Å²) in [6, 6.07) is 12.5. The summed E-state index contributed by atoms with van der Waals surface area (Å²) >= 11 is 6.07. The number of benzene rings is 2. The molecule has 0 bridgehead atoms. The van der Waals surface area contributed by atoms with Crippen molar-refractivity contribution in [2.75, 3.05) is 11.1 Å². The van der Waals surface area contributed by atoms with Crippen LogP contribution < -0.4 is 11.1 Å². The molecule has 98 valence electrons. The number of hydrogen-bond donors (Lipinski definition) is 2. The molecule has 0 aromatic heterocycles. The van der Waals surface area contributed by atoms with Crippen LogP contribution in [0.15, 0.2) is 36.4 Å². The van der Waals surface area contributed by atoms with Gasteiger partial charge in [-0.25, -0.2) is 0 Å². The van der Waals surface area contributed by atoms with Crippen molar-refractivity contribution in [3.63, 3.8) is 0 Å². The van der Waals surface area contributed by atoms with E-state index in [2.05, 4.69) is 24.4 Å². The predicted octanol–water partition coefficient (Wildman–Crippen LogP) is 4.33. The first-order valence-corrected chi connectivity index (χ1v) is 6.92. The molecule has 2 nitrogen and oxygen atoms in total. The van der Waals surface area contributed by atoms with Crippen LogP contribution in [0, 0.1) is 6.92 Å². The molecular formula is C16H17ClN2. The fourth-order valence-electron chi connectivity index (χ4n) is 2.72. The third-order valence-corrected chi connectivity index (χ3v) is 4.01. The van der Waals surface area contributed by atoms with E-state index >= 15 is 0 Å². The second kappa shape index (κ2) is 4.78. The molecule has 2 aromatic rings. The minimum absolute atomic E-state index is 0.354. The van der Waals surface area contributed by atoms with Gasteiger partial charge in [0.15, 0.2) is 0 Å². The maximum Gasteiger partial charge on any atom is 0.0519 e. The zero-order valence-corrected chi connectivity index (χ0v) is 11.7. The van der Waals surface area contributed by atoms with E-state index in [1.54, 1.807) is 0 Å². The highest BCUT2D eigenvalue weighted by atomic mass is 35.5. The normalized spacial score (nSPS) is 17.3. The Kier molecular flexibility index (Phi) is 3.11. The largest absolute Gasteiger partial charge is 0.399 e. The molecule has 0 aliphatic heterocycles. The Morgan fingerprint density at radius 1 is 1.21 bits per heavy atom. The van der Waals surface area contributed by atoms with Crippen molar-refractivity contribution in [2.24, 2.45) is 0 Å². The van der Waals surface area contributed by atoms with E-state index in [1.165, 1.54) is 16.7 Å². The molecule has 0 fully saturated rings. The molecule has 0 spiro atoms. The van der Waals surface area contributed by atoms with Crippen molar-refractivity contribution in [1.29, 1.82) is 0 Å².